The summed E-state index contributed by atoms with van der Waals surface area (Å²) in [5.41, 5.74) is 7.46. The SMILES string of the molecule is Cn1cncc1C(CN)N1CCN(C(C)(C)C)CC1. The first-order valence-corrected chi connectivity index (χ1v) is 7.09. The minimum Gasteiger partial charge on any atom is -0.336 e. The zero-order chi connectivity index (χ0) is 14.0. The zero-order valence-electron chi connectivity index (χ0n) is 12.6. The predicted molar refractivity (Wildman–Crippen MR) is 77.9 cm³/mol. The zero-order valence-corrected chi connectivity index (χ0v) is 12.6. The van der Waals surface area contributed by atoms with Crippen LogP contribution in [-0.4, -0.2) is 57.6 Å². The molecule has 2 heterocycles. The fourth-order valence-corrected chi connectivity index (χ4v) is 2.85. The van der Waals surface area contributed by atoms with E-state index in [4.69, 9.17) is 5.73 Å². The first-order valence-electron chi connectivity index (χ1n) is 7.09. The highest BCUT2D eigenvalue weighted by atomic mass is 15.3. The van der Waals surface area contributed by atoms with Gasteiger partial charge in [-0.25, -0.2) is 4.98 Å². The second-order valence-corrected chi connectivity index (χ2v) is 6.37. The monoisotopic (exact) mass is 265 g/mol. The predicted octanol–water partition coefficient (Wildman–Crippen LogP) is 0.836. The van der Waals surface area contributed by atoms with Gasteiger partial charge in [-0.2, -0.15) is 0 Å². The van der Waals surface area contributed by atoms with Crippen molar-refractivity contribution in [2.24, 2.45) is 12.8 Å². The fourth-order valence-electron chi connectivity index (χ4n) is 2.85. The number of piperazine rings is 1. The summed E-state index contributed by atoms with van der Waals surface area (Å²) >= 11 is 0. The standard InChI is InChI=1S/C14H27N5/c1-14(2,3)19-7-5-18(6-8-19)12(9-15)13-10-16-11-17(13)4/h10-12H,5-9,15H2,1-4H3. The Morgan fingerprint density at radius 3 is 2.32 bits per heavy atom. The van der Waals surface area contributed by atoms with Crippen molar-refractivity contribution in [2.75, 3.05) is 32.7 Å². The summed E-state index contributed by atoms with van der Waals surface area (Å²) < 4.78 is 2.08. The van der Waals surface area contributed by atoms with E-state index in [1.165, 1.54) is 5.69 Å². The summed E-state index contributed by atoms with van der Waals surface area (Å²) in [7, 11) is 2.04. The lowest BCUT2D eigenvalue weighted by Gasteiger charge is -2.44. The van der Waals surface area contributed by atoms with E-state index < -0.39 is 0 Å². The Labute approximate surface area is 116 Å². The van der Waals surface area contributed by atoms with Crippen molar-refractivity contribution < 1.29 is 0 Å². The Balaban J connectivity index is 2.02. The minimum atomic E-state index is 0.261. The number of aryl methyl sites for hydroxylation is 1. The highest BCUT2D eigenvalue weighted by Crippen LogP contribution is 2.23. The molecule has 0 saturated carbocycles. The third kappa shape index (κ3) is 3.16. The molecule has 1 aliphatic heterocycles. The number of rotatable bonds is 3. The summed E-state index contributed by atoms with van der Waals surface area (Å²) in [4.78, 5) is 9.24. The number of hydrogen-bond acceptors (Lipinski definition) is 4. The van der Waals surface area contributed by atoms with Gasteiger partial charge < -0.3 is 10.3 Å². The van der Waals surface area contributed by atoms with E-state index >= 15 is 0 Å². The largest absolute Gasteiger partial charge is 0.336 e. The van der Waals surface area contributed by atoms with Crippen LogP contribution in [0.3, 0.4) is 0 Å². The molecule has 1 fully saturated rings. The van der Waals surface area contributed by atoms with Crippen molar-refractivity contribution in [1.29, 1.82) is 0 Å². The Kier molecular flexibility index (Phi) is 4.28. The van der Waals surface area contributed by atoms with E-state index in [0.717, 1.165) is 26.2 Å². The summed E-state index contributed by atoms with van der Waals surface area (Å²) in [6.45, 7) is 11.9. The van der Waals surface area contributed by atoms with Crippen molar-refractivity contribution in [3.05, 3.63) is 18.2 Å². The van der Waals surface area contributed by atoms with Gasteiger partial charge in [0.05, 0.1) is 18.1 Å². The van der Waals surface area contributed by atoms with Gasteiger partial charge >= 0.3 is 0 Å². The number of nitrogens with zero attached hydrogens (tertiary/aromatic N) is 4. The summed E-state index contributed by atoms with van der Waals surface area (Å²) in [6.07, 6.45) is 3.79. The van der Waals surface area contributed by atoms with Crippen LogP contribution in [0.2, 0.25) is 0 Å². The van der Waals surface area contributed by atoms with Gasteiger partial charge in [0.15, 0.2) is 0 Å². The molecule has 5 nitrogen and oxygen atoms in total. The lowest BCUT2D eigenvalue weighted by atomic mass is 10.0. The first kappa shape index (κ1) is 14.5. The highest BCUT2D eigenvalue weighted by Gasteiger charge is 2.29. The first-order chi connectivity index (χ1) is 8.93. The van der Waals surface area contributed by atoms with Crippen LogP contribution in [0, 0.1) is 0 Å². The Bertz CT molecular complexity index is 398. The third-order valence-electron chi connectivity index (χ3n) is 4.12. The van der Waals surface area contributed by atoms with Gasteiger partial charge in [0.1, 0.15) is 0 Å². The van der Waals surface area contributed by atoms with Crippen molar-refractivity contribution in [1.82, 2.24) is 19.4 Å². The lowest BCUT2D eigenvalue weighted by Crippen LogP contribution is -2.54. The van der Waals surface area contributed by atoms with Crippen LogP contribution in [0.1, 0.15) is 32.5 Å². The molecule has 108 valence electrons. The van der Waals surface area contributed by atoms with Crippen LogP contribution in [0.15, 0.2) is 12.5 Å². The van der Waals surface area contributed by atoms with Crippen LogP contribution in [0.25, 0.3) is 0 Å². The van der Waals surface area contributed by atoms with E-state index in [1.54, 1.807) is 0 Å². The van der Waals surface area contributed by atoms with Gasteiger partial charge in [-0.15, -0.1) is 0 Å². The maximum Gasteiger partial charge on any atom is 0.0946 e. The van der Waals surface area contributed by atoms with Gasteiger partial charge in [-0.3, -0.25) is 9.80 Å². The molecule has 1 aromatic rings. The molecular weight excluding hydrogens is 238 g/mol. The molecule has 0 aromatic carbocycles. The number of nitrogens with two attached hydrogens (primary N) is 1. The number of imidazole rings is 1. The van der Waals surface area contributed by atoms with Crippen molar-refractivity contribution >= 4 is 0 Å². The molecule has 0 amide bonds. The summed E-state index contributed by atoms with van der Waals surface area (Å²) in [5.74, 6) is 0. The van der Waals surface area contributed by atoms with Crippen molar-refractivity contribution in [2.45, 2.75) is 32.4 Å². The molecule has 1 atom stereocenters. The molecule has 1 unspecified atom stereocenters. The van der Waals surface area contributed by atoms with Crippen LogP contribution in [0.5, 0.6) is 0 Å². The van der Waals surface area contributed by atoms with Crippen molar-refractivity contribution in [3.8, 4) is 0 Å². The normalized spacial score (nSPS) is 20.7. The van der Waals surface area contributed by atoms with E-state index in [2.05, 4.69) is 40.1 Å². The fraction of sp³-hybridized carbons (Fsp3) is 0.786. The van der Waals surface area contributed by atoms with Gasteiger partial charge in [0.2, 0.25) is 0 Å². The molecule has 5 heteroatoms. The van der Waals surface area contributed by atoms with Gasteiger partial charge in [0, 0.05) is 51.5 Å². The lowest BCUT2D eigenvalue weighted by molar-refractivity contribution is 0.0419. The molecule has 2 rings (SSSR count). The molecule has 0 spiro atoms. The number of aromatic nitrogens is 2. The number of hydrogen-bond donors (Lipinski definition) is 1. The average molecular weight is 265 g/mol. The topological polar surface area (TPSA) is 50.3 Å². The summed E-state index contributed by atoms with van der Waals surface area (Å²) in [6, 6.07) is 0.287. The highest BCUT2D eigenvalue weighted by molar-refractivity contribution is 5.06. The Morgan fingerprint density at radius 1 is 1.26 bits per heavy atom. The molecule has 0 aliphatic carbocycles. The van der Waals surface area contributed by atoms with E-state index in [-0.39, 0.29) is 11.6 Å². The maximum absolute atomic E-state index is 5.99. The van der Waals surface area contributed by atoms with Gasteiger partial charge in [0.25, 0.3) is 0 Å². The molecule has 0 bridgehead atoms. The third-order valence-corrected chi connectivity index (χ3v) is 4.12. The average Bonchev–Trinajstić information content (AvgIpc) is 2.76. The molecular formula is C14H27N5. The molecule has 0 radical (unpaired) electrons. The molecule has 19 heavy (non-hydrogen) atoms. The molecule has 2 N–H and O–H groups in total. The van der Waals surface area contributed by atoms with Crippen LogP contribution in [-0.2, 0) is 7.05 Å². The second kappa shape index (κ2) is 5.61. The summed E-state index contributed by atoms with van der Waals surface area (Å²) in [5, 5.41) is 0. The van der Waals surface area contributed by atoms with Crippen LogP contribution >= 0.6 is 0 Å². The Hall–Kier alpha value is -0.910. The van der Waals surface area contributed by atoms with E-state index in [9.17, 15) is 0 Å². The molecule has 1 aliphatic rings. The van der Waals surface area contributed by atoms with Gasteiger partial charge in [-0.1, -0.05) is 0 Å². The molecule has 1 aromatic heterocycles. The van der Waals surface area contributed by atoms with Crippen molar-refractivity contribution in [3.63, 3.8) is 0 Å². The van der Waals surface area contributed by atoms with Crippen LogP contribution < -0.4 is 5.73 Å². The van der Waals surface area contributed by atoms with Gasteiger partial charge in [-0.05, 0) is 20.8 Å². The smallest absolute Gasteiger partial charge is 0.0946 e. The van der Waals surface area contributed by atoms with E-state index in [0.29, 0.717) is 6.54 Å². The Morgan fingerprint density at radius 2 is 1.89 bits per heavy atom. The van der Waals surface area contributed by atoms with E-state index in [1.807, 2.05) is 19.6 Å². The molecule has 1 saturated heterocycles. The minimum absolute atomic E-state index is 0.261. The van der Waals surface area contributed by atoms with Crippen LogP contribution in [0.4, 0.5) is 0 Å². The second-order valence-electron chi connectivity index (χ2n) is 6.37. The quantitative estimate of drug-likeness (QED) is 0.880. The maximum atomic E-state index is 5.99.